The van der Waals surface area contributed by atoms with Crippen molar-refractivity contribution in [2.24, 2.45) is 0 Å². The number of hydrogen-bond acceptors (Lipinski definition) is 11. The molecule has 180 valence electrons. The molecule has 0 aromatic heterocycles. The van der Waals surface area contributed by atoms with Crippen LogP contribution in [-0.2, 0) is 20.6 Å². The van der Waals surface area contributed by atoms with Crippen LogP contribution in [0.2, 0.25) is 0 Å². The lowest BCUT2D eigenvalue weighted by Gasteiger charge is -2.40. The van der Waals surface area contributed by atoms with E-state index in [-0.39, 0.29) is 35.2 Å². The summed E-state index contributed by atoms with van der Waals surface area (Å²) in [6, 6.07) is 8.13. The Bertz CT molecular complexity index is 963. The Labute approximate surface area is 189 Å². The van der Waals surface area contributed by atoms with Crippen LogP contribution in [0, 0.1) is 0 Å². The van der Waals surface area contributed by atoms with E-state index in [0.29, 0.717) is 12.0 Å². The summed E-state index contributed by atoms with van der Waals surface area (Å²) >= 11 is 0. The van der Waals surface area contributed by atoms with Crippen LogP contribution in [-0.4, -0.2) is 87.6 Å². The normalized spacial score (nSPS) is 24.9. The zero-order valence-electron chi connectivity index (χ0n) is 17.7. The molecule has 1 saturated heterocycles. The monoisotopic (exact) mass is 466 g/mol. The number of phenols is 3. The van der Waals surface area contributed by atoms with Gasteiger partial charge in [-0.2, -0.15) is 0 Å². The Balaban J connectivity index is 1.56. The van der Waals surface area contributed by atoms with E-state index in [1.165, 1.54) is 37.4 Å². The highest BCUT2D eigenvalue weighted by atomic mass is 16.7. The minimum absolute atomic E-state index is 0.0224. The summed E-state index contributed by atoms with van der Waals surface area (Å²) in [6.45, 7) is -0.423. The van der Waals surface area contributed by atoms with Gasteiger partial charge in [-0.25, -0.2) is 4.79 Å². The van der Waals surface area contributed by atoms with Crippen LogP contribution in [0.4, 0.5) is 0 Å². The molecular weight excluding hydrogens is 440 g/mol. The molecule has 0 radical (unpaired) electrons. The van der Waals surface area contributed by atoms with E-state index in [0.717, 1.165) is 0 Å². The van der Waals surface area contributed by atoms with Gasteiger partial charge in [-0.3, -0.25) is 0 Å². The quantitative estimate of drug-likeness (QED) is 0.229. The molecule has 33 heavy (non-hydrogen) atoms. The first kappa shape index (κ1) is 24.6. The summed E-state index contributed by atoms with van der Waals surface area (Å²) in [5.74, 6) is -1.40. The molecule has 0 aliphatic carbocycles. The van der Waals surface area contributed by atoms with E-state index < -0.39 is 43.3 Å². The van der Waals surface area contributed by atoms with E-state index in [1.54, 1.807) is 6.07 Å². The van der Waals surface area contributed by atoms with Crippen molar-refractivity contribution in [1.29, 1.82) is 0 Å². The van der Waals surface area contributed by atoms with Crippen LogP contribution >= 0.6 is 0 Å². The fourth-order valence-electron chi connectivity index (χ4n) is 3.26. The second kappa shape index (κ2) is 10.7. The van der Waals surface area contributed by atoms with Crippen LogP contribution < -0.4 is 4.74 Å². The zero-order valence-corrected chi connectivity index (χ0v) is 17.7. The molecule has 6 N–H and O–H groups in total. The molecule has 0 amide bonds. The maximum atomic E-state index is 12.3. The number of benzene rings is 2. The molecule has 0 bridgehead atoms. The average Bonchev–Trinajstić information content (AvgIpc) is 2.80. The summed E-state index contributed by atoms with van der Waals surface area (Å²) in [5, 5.41) is 59.0. The van der Waals surface area contributed by atoms with Gasteiger partial charge in [0.15, 0.2) is 29.3 Å². The first-order chi connectivity index (χ1) is 15.7. The minimum atomic E-state index is -1.61. The van der Waals surface area contributed by atoms with Gasteiger partial charge in [0, 0.05) is 0 Å². The lowest BCUT2D eigenvalue weighted by atomic mass is 9.99. The van der Waals surface area contributed by atoms with Crippen LogP contribution in [0.25, 0.3) is 0 Å². The van der Waals surface area contributed by atoms with Crippen molar-refractivity contribution in [3.63, 3.8) is 0 Å². The van der Waals surface area contributed by atoms with Gasteiger partial charge in [-0.05, 0) is 42.3 Å². The molecule has 5 unspecified atom stereocenters. The predicted octanol–water partition coefficient (Wildman–Crippen LogP) is 0.0357. The van der Waals surface area contributed by atoms with Crippen molar-refractivity contribution < 1.29 is 54.4 Å². The summed E-state index contributed by atoms with van der Waals surface area (Å²) in [7, 11) is 1.33. The van der Waals surface area contributed by atoms with Gasteiger partial charge in [0.25, 0.3) is 0 Å². The van der Waals surface area contributed by atoms with Crippen molar-refractivity contribution in [3.05, 3.63) is 47.5 Å². The molecule has 11 nitrogen and oxygen atoms in total. The molecular formula is C22H26O11. The van der Waals surface area contributed by atoms with Crippen molar-refractivity contribution >= 4 is 5.97 Å². The molecule has 5 atom stereocenters. The van der Waals surface area contributed by atoms with Crippen molar-refractivity contribution in [3.8, 4) is 23.0 Å². The van der Waals surface area contributed by atoms with E-state index in [1.807, 2.05) is 0 Å². The third-order valence-electron chi connectivity index (χ3n) is 5.18. The number of carbonyl (C=O) groups is 1. The molecule has 1 fully saturated rings. The topological polar surface area (TPSA) is 175 Å². The minimum Gasteiger partial charge on any atom is -0.504 e. The summed E-state index contributed by atoms with van der Waals surface area (Å²) in [4.78, 5) is 12.3. The predicted molar refractivity (Wildman–Crippen MR) is 111 cm³/mol. The van der Waals surface area contributed by atoms with Crippen LogP contribution in [0.15, 0.2) is 36.4 Å². The lowest BCUT2D eigenvalue weighted by Crippen LogP contribution is -2.59. The third-order valence-corrected chi connectivity index (χ3v) is 5.18. The van der Waals surface area contributed by atoms with Gasteiger partial charge in [0.1, 0.15) is 31.0 Å². The van der Waals surface area contributed by atoms with Gasteiger partial charge < -0.3 is 49.6 Å². The summed E-state index contributed by atoms with van der Waals surface area (Å²) in [6.07, 6.45) is -6.92. The molecule has 11 heteroatoms. The number of ether oxygens (including phenoxy) is 4. The molecule has 0 spiro atoms. The van der Waals surface area contributed by atoms with Gasteiger partial charge in [-0.15, -0.1) is 0 Å². The van der Waals surface area contributed by atoms with Gasteiger partial charge in [-0.1, -0.05) is 6.07 Å². The maximum absolute atomic E-state index is 12.3. The van der Waals surface area contributed by atoms with E-state index in [4.69, 9.17) is 18.9 Å². The van der Waals surface area contributed by atoms with Gasteiger partial charge in [0.05, 0.1) is 19.3 Å². The number of esters is 1. The van der Waals surface area contributed by atoms with Gasteiger partial charge >= 0.3 is 5.97 Å². The summed E-state index contributed by atoms with van der Waals surface area (Å²) < 4.78 is 21.1. The third kappa shape index (κ3) is 5.83. The summed E-state index contributed by atoms with van der Waals surface area (Å²) in [5.41, 5.74) is 0.728. The lowest BCUT2D eigenvalue weighted by molar-refractivity contribution is -0.300. The van der Waals surface area contributed by atoms with Crippen LogP contribution in [0.5, 0.6) is 23.0 Å². The fourth-order valence-corrected chi connectivity index (χ4v) is 3.26. The number of phenolic OH excluding ortho intramolecular Hbond substituents is 3. The Morgan fingerprint density at radius 3 is 2.36 bits per heavy atom. The average molecular weight is 466 g/mol. The Kier molecular flexibility index (Phi) is 7.95. The number of aliphatic hydroxyl groups is 3. The smallest absolute Gasteiger partial charge is 0.338 e. The molecule has 2 aromatic carbocycles. The highest BCUT2D eigenvalue weighted by molar-refractivity contribution is 5.90. The number of methoxy groups -OCH3 is 1. The Morgan fingerprint density at radius 1 is 0.939 bits per heavy atom. The van der Waals surface area contributed by atoms with Gasteiger partial charge in [0.2, 0.25) is 0 Å². The second-order valence-corrected chi connectivity index (χ2v) is 7.44. The number of aromatic hydroxyl groups is 3. The first-order valence-electron chi connectivity index (χ1n) is 10.1. The van der Waals surface area contributed by atoms with Crippen molar-refractivity contribution in [1.82, 2.24) is 0 Å². The molecule has 0 saturated carbocycles. The second-order valence-electron chi connectivity index (χ2n) is 7.44. The largest absolute Gasteiger partial charge is 0.504 e. The van der Waals surface area contributed by atoms with Crippen LogP contribution in [0.3, 0.4) is 0 Å². The highest BCUT2D eigenvalue weighted by Crippen LogP contribution is 2.28. The molecule has 1 heterocycles. The first-order valence-corrected chi connectivity index (χ1v) is 10.1. The number of aliphatic hydroxyl groups excluding tert-OH is 3. The fraction of sp³-hybridized carbons (Fsp3) is 0.409. The highest BCUT2D eigenvalue weighted by Gasteiger charge is 2.44. The Morgan fingerprint density at radius 2 is 1.67 bits per heavy atom. The number of carbonyl (C=O) groups excluding carboxylic acids is 1. The van der Waals surface area contributed by atoms with E-state index in [2.05, 4.69) is 0 Å². The SMILES string of the molecule is COc1cc(C(=O)OCC2OC(OCCc3ccc(O)c(O)c3)C(O)C(O)C2O)ccc1O. The molecule has 1 aliphatic rings. The standard InChI is InChI=1S/C22H26O11/c1-30-16-9-12(3-5-14(16)24)21(29)32-10-17-18(26)19(27)20(28)22(33-17)31-7-6-11-2-4-13(23)15(25)8-11/h2-5,8-9,17-20,22-28H,6-7,10H2,1H3. The maximum Gasteiger partial charge on any atom is 0.338 e. The Hall–Kier alpha value is -3.09. The van der Waals surface area contributed by atoms with Crippen molar-refractivity contribution in [2.45, 2.75) is 37.1 Å². The molecule has 3 rings (SSSR count). The van der Waals surface area contributed by atoms with E-state index in [9.17, 15) is 35.4 Å². The van der Waals surface area contributed by atoms with Crippen LogP contribution in [0.1, 0.15) is 15.9 Å². The number of hydrogen-bond donors (Lipinski definition) is 6. The zero-order chi connectivity index (χ0) is 24.1. The molecule has 2 aromatic rings. The van der Waals surface area contributed by atoms with Crippen molar-refractivity contribution in [2.75, 3.05) is 20.3 Å². The number of rotatable bonds is 8. The van der Waals surface area contributed by atoms with E-state index >= 15 is 0 Å². The molecule has 1 aliphatic heterocycles.